The van der Waals surface area contributed by atoms with E-state index in [-0.39, 0.29) is 5.75 Å². The molecular formula is C15H11Br2ClN2O2. The van der Waals surface area contributed by atoms with E-state index in [9.17, 15) is 9.90 Å². The van der Waals surface area contributed by atoms with Gasteiger partial charge in [0.2, 0.25) is 0 Å². The number of aryl methyl sites for hydroxylation is 1. The van der Waals surface area contributed by atoms with Crippen LogP contribution in [0.4, 0.5) is 0 Å². The Balaban J connectivity index is 2.14. The molecule has 0 aliphatic heterocycles. The van der Waals surface area contributed by atoms with E-state index in [1.54, 1.807) is 30.3 Å². The Hall–Kier alpha value is -1.37. The van der Waals surface area contributed by atoms with Gasteiger partial charge in [-0.05, 0) is 52.7 Å². The van der Waals surface area contributed by atoms with Crippen molar-refractivity contribution in [3.8, 4) is 5.75 Å². The summed E-state index contributed by atoms with van der Waals surface area (Å²) in [6.45, 7) is 1.89. The molecule has 4 nitrogen and oxygen atoms in total. The predicted octanol–water partition coefficient (Wildman–Crippen LogP) is 4.64. The molecule has 2 N–H and O–H groups in total. The lowest BCUT2D eigenvalue weighted by atomic mass is 10.1. The molecule has 0 aliphatic carbocycles. The first-order chi connectivity index (χ1) is 10.4. The summed E-state index contributed by atoms with van der Waals surface area (Å²) in [5.74, 6) is -0.385. The number of rotatable bonds is 3. The molecule has 2 aromatic carbocycles. The van der Waals surface area contributed by atoms with Gasteiger partial charge in [-0.2, -0.15) is 5.10 Å². The maximum atomic E-state index is 12.0. The summed E-state index contributed by atoms with van der Waals surface area (Å²) < 4.78 is 1.29. The zero-order chi connectivity index (χ0) is 16.3. The number of carbonyl (C=O) groups is 1. The Morgan fingerprint density at radius 1 is 1.32 bits per heavy atom. The number of benzene rings is 2. The van der Waals surface area contributed by atoms with Crippen LogP contribution < -0.4 is 5.43 Å². The van der Waals surface area contributed by atoms with Gasteiger partial charge in [-0.1, -0.05) is 33.6 Å². The first-order valence-corrected chi connectivity index (χ1v) is 8.12. The minimum Gasteiger partial charge on any atom is -0.506 e. The third kappa shape index (κ3) is 4.09. The van der Waals surface area contributed by atoms with E-state index in [0.29, 0.717) is 20.6 Å². The molecule has 0 heterocycles. The predicted molar refractivity (Wildman–Crippen MR) is 94.8 cm³/mol. The van der Waals surface area contributed by atoms with Gasteiger partial charge >= 0.3 is 0 Å². The number of carbonyl (C=O) groups excluding carboxylic acids is 1. The molecule has 0 aromatic heterocycles. The largest absolute Gasteiger partial charge is 0.506 e. The molecule has 0 spiro atoms. The van der Waals surface area contributed by atoms with Crippen LogP contribution in [0.1, 0.15) is 21.5 Å². The lowest BCUT2D eigenvalue weighted by Crippen LogP contribution is -2.18. The Labute approximate surface area is 149 Å². The van der Waals surface area contributed by atoms with E-state index in [4.69, 9.17) is 11.6 Å². The van der Waals surface area contributed by atoms with Crippen LogP contribution in [0.2, 0.25) is 5.02 Å². The highest BCUT2D eigenvalue weighted by molar-refractivity contribution is 9.11. The topological polar surface area (TPSA) is 61.7 Å². The SMILES string of the molecule is Cc1ccc(C(=O)N/N=C/c2cc(Br)cc(Br)c2O)c(Cl)c1. The van der Waals surface area contributed by atoms with Crippen LogP contribution in [0, 0.1) is 6.92 Å². The van der Waals surface area contributed by atoms with E-state index in [2.05, 4.69) is 42.4 Å². The number of nitrogens with one attached hydrogen (secondary N) is 1. The summed E-state index contributed by atoms with van der Waals surface area (Å²) in [5, 5.41) is 14.1. The fraction of sp³-hybridized carbons (Fsp3) is 0.0667. The molecule has 0 saturated heterocycles. The standard InChI is InChI=1S/C15H11Br2ClN2O2/c1-8-2-3-11(13(18)4-8)15(22)20-19-7-9-5-10(16)6-12(17)14(9)21/h2-7,21H,1H3,(H,20,22)/b19-7+. The summed E-state index contributed by atoms with van der Waals surface area (Å²) in [6, 6.07) is 8.51. The van der Waals surface area contributed by atoms with Gasteiger partial charge in [0.1, 0.15) is 5.75 Å². The fourth-order valence-corrected chi connectivity index (χ4v) is 3.29. The molecule has 22 heavy (non-hydrogen) atoms. The average molecular weight is 447 g/mol. The molecular weight excluding hydrogens is 435 g/mol. The highest BCUT2D eigenvalue weighted by Crippen LogP contribution is 2.30. The highest BCUT2D eigenvalue weighted by atomic mass is 79.9. The number of hydrogen-bond acceptors (Lipinski definition) is 3. The van der Waals surface area contributed by atoms with Crippen LogP contribution in [0.25, 0.3) is 0 Å². The van der Waals surface area contributed by atoms with Crippen molar-refractivity contribution >= 4 is 55.6 Å². The van der Waals surface area contributed by atoms with E-state index < -0.39 is 5.91 Å². The summed E-state index contributed by atoms with van der Waals surface area (Å²) in [5.41, 5.74) is 4.14. The summed E-state index contributed by atoms with van der Waals surface area (Å²) in [4.78, 5) is 12.0. The second kappa shape index (κ2) is 7.26. The van der Waals surface area contributed by atoms with E-state index in [0.717, 1.165) is 10.0 Å². The molecule has 1 amide bonds. The minimum absolute atomic E-state index is 0.0366. The number of amides is 1. The van der Waals surface area contributed by atoms with Gasteiger partial charge in [-0.3, -0.25) is 4.79 Å². The number of aromatic hydroxyl groups is 1. The number of phenolic OH excluding ortho intramolecular Hbond substituents is 1. The van der Waals surface area contributed by atoms with Gasteiger partial charge in [0.05, 0.1) is 21.3 Å². The zero-order valence-corrected chi connectivity index (χ0v) is 15.3. The van der Waals surface area contributed by atoms with Gasteiger partial charge in [-0.15, -0.1) is 0 Å². The second-order valence-electron chi connectivity index (χ2n) is 4.51. The molecule has 2 aromatic rings. The van der Waals surface area contributed by atoms with Crippen molar-refractivity contribution < 1.29 is 9.90 Å². The number of halogens is 3. The van der Waals surface area contributed by atoms with Gasteiger partial charge < -0.3 is 5.11 Å². The van der Waals surface area contributed by atoms with Crippen molar-refractivity contribution in [2.24, 2.45) is 5.10 Å². The zero-order valence-electron chi connectivity index (χ0n) is 11.4. The smallest absolute Gasteiger partial charge is 0.272 e. The molecule has 0 bridgehead atoms. The van der Waals surface area contributed by atoms with Crippen molar-refractivity contribution in [1.82, 2.24) is 5.43 Å². The molecule has 114 valence electrons. The number of hydrogen-bond donors (Lipinski definition) is 2. The van der Waals surface area contributed by atoms with Gasteiger partial charge in [0, 0.05) is 10.0 Å². The van der Waals surface area contributed by atoms with Gasteiger partial charge in [0.25, 0.3) is 5.91 Å². The van der Waals surface area contributed by atoms with Crippen molar-refractivity contribution in [1.29, 1.82) is 0 Å². The molecule has 0 fully saturated rings. The lowest BCUT2D eigenvalue weighted by Gasteiger charge is -2.05. The normalized spacial score (nSPS) is 10.9. The summed E-state index contributed by atoms with van der Waals surface area (Å²) in [7, 11) is 0. The number of phenols is 1. The van der Waals surface area contributed by atoms with Gasteiger partial charge in [0.15, 0.2) is 0 Å². The molecule has 0 unspecified atom stereocenters. The maximum Gasteiger partial charge on any atom is 0.272 e. The van der Waals surface area contributed by atoms with Crippen molar-refractivity contribution in [2.75, 3.05) is 0 Å². The third-order valence-electron chi connectivity index (χ3n) is 2.80. The van der Waals surface area contributed by atoms with Crippen LogP contribution in [0.5, 0.6) is 5.75 Å². The Bertz CT molecular complexity index is 763. The van der Waals surface area contributed by atoms with Crippen LogP contribution >= 0.6 is 43.5 Å². The van der Waals surface area contributed by atoms with Gasteiger partial charge in [-0.25, -0.2) is 5.43 Å². The summed E-state index contributed by atoms with van der Waals surface area (Å²) in [6.07, 6.45) is 1.35. The van der Waals surface area contributed by atoms with Crippen LogP contribution in [-0.4, -0.2) is 17.2 Å². The number of nitrogens with zero attached hydrogens (tertiary/aromatic N) is 1. The molecule has 0 atom stereocenters. The van der Waals surface area contributed by atoms with Crippen LogP contribution in [0.15, 0.2) is 44.4 Å². The molecule has 0 saturated carbocycles. The molecule has 0 radical (unpaired) electrons. The van der Waals surface area contributed by atoms with Crippen molar-refractivity contribution in [3.63, 3.8) is 0 Å². The number of hydrazone groups is 1. The fourth-order valence-electron chi connectivity index (χ4n) is 1.71. The van der Waals surface area contributed by atoms with Crippen LogP contribution in [0.3, 0.4) is 0 Å². The molecule has 7 heteroatoms. The Kier molecular flexibility index (Phi) is 5.61. The molecule has 2 rings (SSSR count). The lowest BCUT2D eigenvalue weighted by molar-refractivity contribution is 0.0955. The van der Waals surface area contributed by atoms with E-state index >= 15 is 0 Å². The maximum absolute atomic E-state index is 12.0. The van der Waals surface area contributed by atoms with E-state index in [1.807, 2.05) is 6.92 Å². The highest BCUT2D eigenvalue weighted by Gasteiger charge is 2.10. The van der Waals surface area contributed by atoms with Crippen molar-refractivity contribution in [3.05, 3.63) is 61.0 Å². The quantitative estimate of drug-likeness (QED) is 0.533. The first-order valence-electron chi connectivity index (χ1n) is 6.16. The minimum atomic E-state index is -0.421. The van der Waals surface area contributed by atoms with Crippen LogP contribution in [-0.2, 0) is 0 Å². The first kappa shape index (κ1) is 17.0. The van der Waals surface area contributed by atoms with E-state index in [1.165, 1.54) is 6.21 Å². The second-order valence-corrected chi connectivity index (χ2v) is 6.69. The monoisotopic (exact) mass is 444 g/mol. The molecule has 0 aliphatic rings. The summed E-state index contributed by atoms with van der Waals surface area (Å²) >= 11 is 12.6. The average Bonchev–Trinajstić information content (AvgIpc) is 2.43. The Morgan fingerprint density at radius 3 is 2.73 bits per heavy atom. The van der Waals surface area contributed by atoms with Crippen molar-refractivity contribution in [2.45, 2.75) is 6.92 Å². The third-order valence-corrected chi connectivity index (χ3v) is 4.17. The Morgan fingerprint density at radius 2 is 2.05 bits per heavy atom.